The number of thioether (sulfide) groups is 1. The van der Waals surface area contributed by atoms with Gasteiger partial charge in [-0.15, -0.1) is 11.8 Å². The molecule has 0 N–H and O–H groups in total. The largest absolute Gasteiger partial charge is 0.465 e. The number of hydrogen-bond acceptors (Lipinski definition) is 4. The average molecular weight is 173 g/mol. The van der Waals surface area contributed by atoms with Gasteiger partial charge in [0, 0.05) is 6.21 Å². The van der Waals surface area contributed by atoms with Crippen LogP contribution in [0.2, 0.25) is 0 Å². The molecule has 1 atom stereocenters. The number of rotatable bonds is 2. The highest BCUT2D eigenvalue weighted by Crippen LogP contribution is 2.29. The monoisotopic (exact) mass is 173 g/mol. The summed E-state index contributed by atoms with van der Waals surface area (Å²) in [6, 6.07) is 0. The summed E-state index contributed by atoms with van der Waals surface area (Å²) in [5.74, 6) is 0.473. The summed E-state index contributed by atoms with van der Waals surface area (Å²) in [4.78, 5) is 15.2. The first kappa shape index (κ1) is 8.59. The predicted octanol–water partition coefficient (Wildman–Crippen LogP) is 1.08. The fourth-order valence-corrected chi connectivity index (χ4v) is 1.55. The topological polar surface area (TPSA) is 38.7 Å². The van der Waals surface area contributed by atoms with Crippen LogP contribution in [0.15, 0.2) is 4.99 Å². The van der Waals surface area contributed by atoms with E-state index in [-0.39, 0.29) is 5.97 Å². The van der Waals surface area contributed by atoms with E-state index >= 15 is 0 Å². The molecule has 62 valence electrons. The maximum Gasteiger partial charge on any atom is 0.327 e. The quantitative estimate of drug-likeness (QED) is 0.586. The van der Waals surface area contributed by atoms with Crippen LogP contribution in [0.1, 0.15) is 13.8 Å². The Labute approximate surface area is 70.2 Å². The van der Waals surface area contributed by atoms with Crippen molar-refractivity contribution in [3.8, 4) is 0 Å². The number of hydrogen-bond donors (Lipinski definition) is 0. The van der Waals surface area contributed by atoms with E-state index in [2.05, 4.69) is 4.99 Å². The van der Waals surface area contributed by atoms with E-state index in [1.807, 2.05) is 6.92 Å². The lowest BCUT2D eigenvalue weighted by Gasteiger charge is -2.16. The first-order valence-corrected chi connectivity index (χ1v) is 4.50. The van der Waals surface area contributed by atoms with Crippen molar-refractivity contribution in [2.24, 2.45) is 4.99 Å². The molecule has 0 saturated carbocycles. The lowest BCUT2D eigenvalue weighted by Crippen LogP contribution is -2.33. The second kappa shape index (κ2) is 3.26. The first-order chi connectivity index (χ1) is 5.19. The lowest BCUT2D eigenvalue weighted by molar-refractivity contribution is -0.143. The maximum absolute atomic E-state index is 11.2. The number of carbonyl (C=O) groups excluding carboxylic acids is 1. The van der Waals surface area contributed by atoms with Gasteiger partial charge in [-0.3, -0.25) is 9.79 Å². The first-order valence-electron chi connectivity index (χ1n) is 3.51. The molecular formula is C7H11NO2S. The Balaban J connectivity index is 2.57. The van der Waals surface area contributed by atoms with Crippen molar-refractivity contribution in [2.45, 2.75) is 18.6 Å². The Morgan fingerprint density at radius 1 is 1.91 bits per heavy atom. The summed E-state index contributed by atoms with van der Waals surface area (Å²) in [6.45, 7) is 4.06. The highest BCUT2D eigenvalue weighted by Gasteiger charge is 2.36. The molecule has 0 aromatic heterocycles. The number of aliphatic imine (C=N–C) groups is 1. The van der Waals surface area contributed by atoms with Crippen LogP contribution in [0, 0.1) is 0 Å². The summed E-state index contributed by atoms with van der Waals surface area (Å²) < 4.78 is 4.35. The Kier molecular flexibility index (Phi) is 2.54. The molecule has 0 aromatic rings. The maximum atomic E-state index is 11.2. The summed E-state index contributed by atoms with van der Waals surface area (Å²) in [7, 11) is 0. The molecule has 0 saturated heterocycles. The molecule has 1 aliphatic heterocycles. The van der Waals surface area contributed by atoms with Crippen LogP contribution in [0.4, 0.5) is 0 Å². The third-order valence-electron chi connectivity index (χ3n) is 1.46. The van der Waals surface area contributed by atoms with Gasteiger partial charge in [-0.25, -0.2) is 0 Å². The van der Waals surface area contributed by atoms with Crippen LogP contribution < -0.4 is 0 Å². The van der Waals surface area contributed by atoms with Gasteiger partial charge >= 0.3 is 5.97 Å². The van der Waals surface area contributed by atoms with Gasteiger partial charge in [0.2, 0.25) is 0 Å². The Bertz CT molecular complexity index is 193. The van der Waals surface area contributed by atoms with E-state index in [0.29, 0.717) is 12.5 Å². The minimum Gasteiger partial charge on any atom is -0.465 e. The van der Waals surface area contributed by atoms with Crippen molar-refractivity contribution in [3.05, 3.63) is 0 Å². The van der Waals surface area contributed by atoms with Crippen molar-refractivity contribution in [1.29, 1.82) is 0 Å². The van der Waals surface area contributed by atoms with Gasteiger partial charge in [0.25, 0.3) is 0 Å². The molecule has 0 aromatic carbocycles. The zero-order valence-electron chi connectivity index (χ0n) is 6.66. The summed E-state index contributed by atoms with van der Waals surface area (Å²) in [6.07, 6.45) is 1.66. The molecule has 0 fully saturated rings. The predicted molar refractivity (Wildman–Crippen MR) is 46.0 cm³/mol. The summed E-state index contributed by atoms with van der Waals surface area (Å²) in [5.41, 5.74) is 0. The van der Waals surface area contributed by atoms with E-state index in [4.69, 9.17) is 4.74 Å². The second-order valence-electron chi connectivity index (χ2n) is 2.41. The van der Waals surface area contributed by atoms with Crippen LogP contribution in [0.5, 0.6) is 0 Å². The van der Waals surface area contributed by atoms with Gasteiger partial charge in [0.15, 0.2) is 0 Å². The Morgan fingerprint density at radius 3 is 3.09 bits per heavy atom. The molecule has 4 heteroatoms. The summed E-state index contributed by atoms with van der Waals surface area (Å²) >= 11 is 1.50. The zero-order valence-corrected chi connectivity index (χ0v) is 7.48. The van der Waals surface area contributed by atoms with Gasteiger partial charge in [0.1, 0.15) is 4.75 Å². The zero-order chi connectivity index (χ0) is 8.32. The minimum absolute atomic E-state index is 0.189. The number of esters is 1. The molecule has 0 spiro atoms. The molecule has 11 heavy (non-hydrogen) atoms. The fourth-order valence-electron chi connectivity index (χ4n) is 0.806. The normalized spacial score (nSPS) is 28.9. The van der Waals surface area contributed by atoms with Crippen molar-refractivity contribution in [3.63, 3.8) is 0 Å². The standard InChI is InChI=1S/C7H11NO2S/c1-3-10-6(9)7(2)4-8-5-11-7/h4H,3,5H2,1-2H3. The fraction of sp³-hybridized carbons (Fsp3) is 0.714. The van der Waals surface area contributed by atoms with Gasteiger partial charge in [0.05, 0.1) is 12.5 Å². The number of ether oxygens (including phenoxy) is 1. The molecular weight excluding hydrogens is 162 g/mol. The third-order valence-corrected chi connectivity index (χ3v) is 2.61. The van der Waals surface area contributed by atoms with Crippen molar-refractivity contribution >= 4 is 23.9 Å². The molecule has 1 heterocycles. The van der Waals surface area contributed by atoms with E-state index in [9.17, 15) is 4.79 Å². The van der Waals surface area contributed by atoms with Gasteiger partial charge in [-0.2, -0.15) is 0 Å². The SMILES string of the molecule is CCOC(=O)C1(C)C=NCS1. The molecule has 1 aliphatic rings. The highest BCUT2D eigenvalue weighted by molar-refractivity contribution is 8.02. The Morgan fingerprint density at radius 2 is 2.64 bits per heavy atom. The van der Waals surface area contributed by atoms with Gasteiger partial charge in [-0.05, 0) is 13.8 Å². The summed E-state index contributed by atoms with van der Waals surface area (Å²) in [5, 5.41) is 0. The van der Waals surface area contributed by atoms with Crippen LogP contribution >= 0.6 is 11.8 Å². The number of nitrogens with zero attached hydrogens (tertiary/aromatic N) is 1. The molecule has 0 amide bonds. The number of carbonyl (C=O) groups is 1. The van der Waals surface area contributed by atoms with E-state index in [1.54, 1.807) is 13.1 Å². The van der Waals surface area contributed by atoms with E-state index < -0.39 is 4.75 Å². The van der Waals surface area contributed by atoms with Crippen LogP contribution in [-0.4, -0.2) is 29.4 Å². The van der Waals surface area contributed by atoms with E-state index in [0.717, 1.165) is 0 Å². The molecule has 0 radical (unpaired) electrons. The lowest BCUT2D eigenvalue weighted by atomic mass is 10.2. The van der Waals surface area contributed by atoms with Crippen LogP contribution in [-0.2, 0) is 9.53 Å². The van der Waals surface area contributed by atoms with Crippen molar-refractivity contribution < 1.29 is 9.53 Å². The minimum atomic E-state index is -0.532. The van der Waals surface area contributed by atoms with Crippen molar-refractivity contribution in [1.82, 2.24) is 0 Å². The van der Waals surface area contributed by atoms with Gasteiger partial charge in [-0.1, -0.05) is 0 Å². The molecule has 1 rings (SSSR count). The molecule has 0 aliphatic carbocycles. The second-order valence-corrected chi connectivity index (χ2v) is 3.81. The molecule has 3 nitrogen and oxygen atoms in total. The van der Waals surface area contributed by atoms with Gasteiger partial charge < -0.3 is 4.74 Å². The molecule has 1 unspecified atom stereocenters. The van der Waals surface area contributed by atoms with E-state index in [1.165, 1.54) is 11.8 Å². The molecule has 0 bridgehead atoms. The Hall–Kier alpha value is -0.510. The average Bonchev–Trinajstić information content (AvgIpc) is 2.38. The van der Waals surface area contributed by atoms with Crippen LogP contribution in [0.3, 0.4) is 0 Å². The smallest absolute Gasteiger partial charge is 0.327 e. The van der Waals surface area contributed by atoms with Crippen molar-refractivity contribution in [2.75, 3.05) is 12.5 Å². The highest BCUT2D eigenvalue weighted by atomic mass is 32.2. The third kappa shape index (κ3) is 1.74. The van der Waals surface area contributed by atoms with Crippen LogP contribution in [0.25, 0.3) is 0 Å².